The minimum absolute atomic E-state index is 0.0424. The molecule has 1 aromatic carbocycles. The largest absolute Gasteiger partial charge is 0.481 e. The zero-order chi connectivity index (χ0) is 17.8. The number of ether oxygens (including phenoxy) is 1. The second kappa shape index (κ2) is 7.05. The molecule has 2 N–H and O–H groups in total. The molecule has 0 atom stereocenters. The summed E-state index contributed by atoms with van der Waals surface area (Å²) in [6.45, 7) is 3.02. The fraction of sp³-hybridized carbons (Fsp3) is 0.429. The van der Waals surface area contributed by atoms with Crippen LogP contribution >= 0.6 is 0 Å². The van der Waals surface area contributed by atoms with Crippen LogP contribution in [0.2, 0.25) is 0 Å². The molecule has 0 radical (unpaired) electrons. The van der Waals surface area contributed by atoms with Crippen LogP contribution in [0.3, 0.4) is 0 Å². The highest BCUT2D eigenvalue weighted by molar-refractivity contribution is 7.89. The zero-order valence-electron chi connectivity index (χ0n) is 12.9. The van der Waals surface area contributed by atoms with Gasteiger partial charge in [0.05, 0.1) is 17.6 Å². The van der Waals surface area contributed by atoms with Gasteiger partial charge >= 0.3 is 11.9 Å². The van der Waals surface area contributed by atoms with Crippen molar-refractivity contribution >= 4 is 22.0 Å². The molecule has 0 heterocycles. The van der Waals surface area contributed by atoms with Crippen LogP contribution in [0, 0.1) is 5.82 Å². The van der Waals surface area contributed by atoms with Gasteiger partial charge in [0.1, 0.15) is 5.82 Å². The summed E-state index contributed by atoms with van der Waals surface area (Å²) in [4.78, 5) is 21.6. The molecule has 0 aliphatic carbocycles. The second-order valence-corrected chi connectivity index (χ2v) is 7.23. The quantitative estimate of drug-likeness (QED) is 0.724. The van der Waals surface area contributed by atoms with Crippen molar-refractivity contribution < 1.29 is 32.2 Å². The van der Waals surface area contributed by atoms with Crippen molar-refractivity contribution in [3.8, 4) is 0 Å². The lowest BCUT2D eigenvalue weighted by Crippen LogP contribution is -2.43. The van der Waals surface area contributed by atoms with E-state index in [4.69, 9.17) is 5.11 Å². The molecule has 1 rings (SSSR count). The third kappa shape index (κ3) is 5.61. The molecule has 0 aliphatic rings. The van der Waals surface area contributed by atoms with Crippen LogP contribution in [-0.4, -0.2) is 38.1 Å². The molecule has 0 unspecified atom stereocenters. The number of sulfonamides is 1. The molecule has 0 saturated heterocycles. The number of esters is 1. The van der Waals surface area contributed by atoms with Crippen molar-refractivity contribution in [3.05, 3.63) is 29.6 Å². The van der Waals surface area contributed by atoms with E-state index in [-0.39, 0.29) is 18.4 Å². The maximum Gasteiger partial charge on any atom is 0.337 e. The van der Waals surface area contributed by atoms with Crippen LogP contribution in [0.15, 0.2) is 23.1 Å². The molecule has 0 spiro atoms. The molecule has 0 bridgehead atoms. The summed E-state index contributed by atoms with van der Waals surface area (Å²) in [5.74, 6) is -2.83. The second-order valence-electron chi connectivity index (χ2n) is 5.55. The Kier molecular flexibility index (Phi) is 5.84. The van der Waals surface area contributed by atoms with Gasteiger partial charge in [0.25, 0.3) is 0 Å². The minimum Gasteiger partial charge on any atom is -0.481 e. The van der Waals surface area contributed by atoms with Gasteiger partial charge in [-0.15, -0.1) is 0 Å². The number of carbonyl (C=O) groups is 2. The van der Waals surface area contributed by atoms with E-state index in [1.54, 1.807) is 0 Å². The number of carboxylic acid groups (broad SMARTS) is 1. The monoisotopic (exact) mass is 347 g/mol. The van der Waals surface area contributed by atoms with E-state index in [9.17, 15) is 22.4 Å². The molecule has 23 heavy (non-hydrogen) atoms. The Morgan fingerprint density at radius 2 is 1.91 bits per heavy atom. The minimum atomic E-state index is -4.14. The molecule has 128 valence electrons. The summed E-state index contributed by atoms with van der Waals surface area (Å²) >= 11 is 0. The zero-order valence-corrected chi connectivity index (χ0v) is 13.7. The molecule has 0 aliphatic heterocycles. The number of rotatable bonds is 7. The highest BCUT2D eigenvalue weighted by atomic mass is 32.2. The highest BCUT2D eigenvalue weighted by Gasteiger charge is 2.28. The van der Waals surface area contributed by atoms with Crippen molar-refractivity contribution in [3.63, 3.8) is 0 Å². The first kappa shape index (κ1) is 19.0. The van der Waals surface area contributed by atoms with Gasteiger partial charge in [0.15, 0.2) is 0 Å². The van der Waals surface area contributed by atoms with Gasteiger partial charge in [-0.05, 0) is 38.5 Å². The van der Waals surface area contributed by atoms with E-state index in [1.807, 2.05) is 0 Å². The van der Waals surface area contributed by atoms with Crippen molar-refractivity contribution in [2.45, 2.75) is 37.1 Å². The van der Waals surface area contributed by atoms with Crippen LogP contribution in [0.25, 0.3) is 0 Å². The number of hydrogen-bond donors (Lipinski definition) is 2. The average Bonchev–Trinajstić information content (AvgIpc) is 2.42. The van der Waals surface area contributed by atoms with Crippen LogP contribution in [-0.2, 0) is 19.6 Å². The van der Waals surface area contributed by atoms with E-state index in [0.29, 0.717) is 0 Å². The van der Waals surface area contributed by atoms with Crippen molar-refractivity contribution in [1.29, 1.82) is 0 Å². The highest BCUT2D eigenvalue weighted by Crippen LogP contribution is 2.20. The lowest BCUT2D eigenvalue weighted by molar-refractivity contribution is -0.137. The number of benzene rings is 1. The van der Waals surface area contributed by atoms with Gasteiger partial charge in [0.2, 0.25) is 10.0 Å². The van der Waals surface area contributed by atoms with Gasteiger partial charge in [-0.3, -0.25) is 4.79 Å². The van der Waals surface area contributed by atoms with Crippen LogP contribution in [0.5, 0.6) is 0 Å². The van der Waals surface area contributed by atoms with Crippen molar-refractivity contribution in [1.82, 2.24) is 4.72 Å². The fourth-order valence-corrected chi connectivity index (χ4v) is 3.34. The maximum atomic E-state index is 13.6. The number of hydrogen-bond acceptors (Lipinski definition) is 5. The van der Waals surface area contributed by atoms with Gasteiger partial charge in [-0.25, -0.2) is 22.3 Å². The number of methoxy groups -OCH3 is 1. The number of nitrogens with one attached hydrogen (secondary N) is 1. The Labute approximate surface area is 133 Å². The molecular weight excluding hydrogens is 329 g/mol. The Hall–Kier alpha value is -2.00. The summed E-state index contributed by atoms with van der Waals surface area (Å²) in [5.41, 5.74) is -1.30. The van der Waals surface area contributed by atoms with Gasteiger partial charge in [-0.1, -0.05) is 0 Å². The maximum absolute atomic E-state index is 13.6. The molecule has 0 fully saturated rings. The number of halogens is 1. The van der Waals surface area contributed by atoms with Crippen molar-refractivity contribution in [2.75, 3.05) is 7.11 Å². The Morgan fingerprint density at radius 1 is 1.30 bits per heavy atom. The van der Waals surface area contributed by atoms with Gasteiger partial charge < -0.3 is 9.84 Å². The summed E-state index contributed by atoms with van der Waals surface area (Å²) in [6, 6.07) is 2.62. The molecule has 9 heteroatoms. The average molecular weight is 347 g/mol. The Balaban J connectivity index is 3.11. The van der Waals surface area contributed by atoms with E-state index in [0.717, 1.165) is 25.3 Å². The van der Waals surface area contributed by atoms with E-state index < -0.39 is 38.2 Å². The van der Waals surface area contributed by atoms with Crippen LogP contribution in [0.1, 0.15) is 37.0 Å². The van der Waals surface area contributed by atoms with E-state index in [2.05, 4.69) is 9.46 Å². The van der Waals surface area contributed by atoms with Gasteiger partial charge in [-0.2, -0.15) is 0 Å². The van der Waals surface area contributed by atoms with Gasteiger partial charge in [0, 0.05) is 12.0 Å². The third-order valence-electron chi connectivity index (χ3n) is 2.98. The molecule has 0 amide bonds. The smallest absolute Gasteiger partial charge is 0.337 e. The summed E-state index contributed by atoms with van der Waals surface area (Å²) in [6.07, 6.45) is -0.188. The first-order chi connectivity index (χ1) is 10.5. The van der Waals surface area contributed by atoms with Crippen molar-refractivity contribution in [2.24, 2.45) is 0 Å². The lowest BCUT2D eigenvalue weighted by Gasteiger charge is -2.25. The Bertz CT molecular complexity index is 714. The SMILES string of the molecule is COC(=O)c1cc(F)cc(S(=O)(=O)NC(C)(C)CCC(=O)O)c1. The first-order valence-electron chi connectivity index (χ1n) is 6.61. The van der Waals surface area contributed by atoms with E-state index >= 15 is 0 Å². The standard InChI is InChI=1S/C14H18FNO6S/c1-14(2,5-4-12(17)18)16-23(20,21)11-7-9(13(19)22-3)6-10(15)8-11/h6-8,16H,4-5H2,1-3H3,(H,17,18). The number of carboxylic acids is 1. The molecule has 1 aromatic rings. The summed E-state index contributed by atoms with van der Waals surface area (Å²) < 4.78 is 45.0. The number of carbonyl (C=O) groups excluding carboxylic acids is 1. The van der Waals surface area contributed by atoms with Crippen LogP contribution < -0.4 is 4.72 Å². The predicted octanol–water partition coefficient (Wildman–Crippen LogP) is 1.53. The number of aliphatic carboxylic acids is 1. The van der Waals surface area contributed by atoms with Crippen LogP contribution in [0.4, 0.5) is 4.39 Å². The molecule has 0 aromatic heterocycles. The summed E-state index contributed by atoms with van der Waals surface area (Å²) in [5, 5.41) is 8.67. The fourth-order valence-electron chi connectivity index (χ4n) is 1.85. The Morgan fingerprint density at radius 3 is 2.43 bits per heavy atom. The molecule has 0 saturated carbocycles. The topological polar surface area (TPSA) is 110 Å². The first-order valence-corrected chi connectivity index (χ1v) is 8.10. The predicted molar refractivity (Wildman–Crippen MR) is 79.0 cm³/mol. The summed E-state index contributed by atoms with van der Waals surface area (Å²) in [7, 11) is -3.05. The third-order valence-corrected chi connectivity index (χ3v) is 4.65. The molecular formula is C14H18FNO6S. The lowest BCUT2D eigenvalue weighted by atomic mass is 10.0. The molecule has 7 nitrogen and oxygen atoms in total. The normalized spacial score (nSPS) is 12.0. The van der Waals surface area contributed by atoms with E-state index in [1.165, 1.54) is 13.8 Å².